The van der Waals surface area contributed by atoms with E-state index >= 15 is 0 Å². The molecular formula is C34H38N4O6. The molecule has 1 aromatic heterocycles. The van der Waals surface area contributed by atoms with E-state index in [0.717, 1.165) is 40.8 Å². The van der Waals surface area contributed by atoms with Gasteiger partial charge in [0.15, 0.2) is 5.82 Å². The Morgan fingerprint density at radius 3 is 2.30 bits per heavy atom. The van der Waals surface area contributed by atoms with Gasteiger partial charge in [0.25, 0.3) is 0 Å². The summed E-state index contributed by atoms with van der Waals surface area (Å²) in [7, 11) is 1.67. The highest BCUT2D eigenvalue weighted by atomic mass is 16.7. The fourth-order valence-electron chi connectivity index (χ4n) is 6.22. The second-order valence-corrected chi connectivity index (χ2v) is 11.2. The molecule has 44 heavy (non-hydrogen) atoms. The quantitative estimate of drug-likeness (QED) is 0.152. The Morgan fingerprint density at radius 1 is 1.02 bits per heavy atom. The Kier molecular flexibility index (Phi) is 9.06. The summed E-state index contributed by atoms with van der Waals surface area (Å²) in [5.74, 6) is 1.19. The van der Waals surface area contributed by atoms with Crippen molar-refractivity contribution in [2.24, 2.45) is 0 Å². The van der Waals surface area contributed by atoms with E-state index in [-0.39, 0.29) is 19.1 Å². The van der Waals surface area contributed by atoms with Crippen LogP contribution >= 0.6 is 0 Å². The van der Waals surface area contributed by atoms with Crippen molar-refractivity contribution in [1.82, 2.24) is 14.9 Å². The largest absolute Gasteiger partial charge is 0.497 e. The Hall–Kier alpha value is -4.06. The lowest BCUT2D eigenvalue weighted by molar-refractivity contribution is -0.0460. The number of fused-ring (bicyclic) bond motifs is 1. The number of aromatic nitrogens is 2. The molecule has 2 aliphatic heterocycles. The molecule has 3 aromatic carbocycles. The lowest BCUT2D eigenvalue weighted by atomic mass is 9.77. The van der Waals surface area contributed by atoms with Crippen LogP contribution in [0.25, 0.3) is 0 Å². The fraction of sp³-hybridized carbons (Fsp3) is 0.353. The van der Waals surface area contributed by atoms with Crippen LogP contribution in [0.4, 0.5) is 5.82 Å². The van der Waals surface area contributed by atoms with Crippen LogP contribution in [0.2, 0.25) is 0 Å². The molecule has 0 spiro atoms. The number of aliphatic hydroxyl groups excluding tert-OH is 2. The molecule has 0 bridgehead atoms. The summed E-state index contributed by atoms with van der Waals surface area (Å²) in [6.07, 6.45) is 1.70. The summed E-state index contributed by atoms with van der Waals surface area (Å²) >= 11 is 0. The minimum atomic E-state index is -0.841. The van der Waals surface area contributed by atoms with Crippen LogP contribution in [0, 0.1) is 0 Å². The summed E-state index contributed by atoms with van der Waals surface area (Å²) in [4.78, 5) is 22.7. The van der Waals surface area contributed by atoms with E-state index in [2.05, 4.69) is 76.4 Å². The van der Waals surface area contributed by atoms with Crippen LogP contribution in [0.5, 0.6) is 5.75 Å². The summed E-state index contributed by atoms with van der Waals surface area (Å²) < 4.78 is 12.5. The molecule has 3 heterocycles. The van der Waals surface area contributed by atoms with Gasteiger partial charge in [-0.25, -0.2) is 10.3 Å². The molecule has 10 heteroatoms. The topological polar surface area (TPSA) is 127 Å². The second-order valence-electron chi connectivity index (χ2n) is 11.2. The summed E-state index contributed by atoms with van der Waals surface area (Å²) in [6.45, 7) is 0.390. The number of aliphatic hydroxyl groups is 2. The number of benzene rings is 3. The van der Waals surface area contributed by atoms with Crippen molar-refractivity contribution < 1.29 is 24.5 Å². The molecule has 0 saturated carbocycles. The molecule has 10 nitrogen and oxygen atoms in total. The molecule has 230 valence electrons. The van der Waals surface area contributed by atoms with Gasteiger partial charge in [0, 0.05) is 24.6 Å². The molecule has 1 fully saturated rings. The molecule has 1 saturated heterocycles. The monoisotopic (exact) mass is 598 g/mol. The van der Waals surface area contributed by atoms with Gasteiger partial charge < -0.3 is 19.7 Å². The van der Waals surface area contributed by atoms with E-state index < -0.39 is 29.7 Å². The van der Waals surface area contributed by atoms with Gasteiger partial charge in [-0.2, -0.15) is 4.98 Å². The van der Waals surface area contributed by atoms with E-state index in [4.69, 9.17) is 14.3 Å². The first-order valence-corrected chi connectivity index (χ1v) is 15.0. The van der Waals surface area contributed by atoms with Gasteiger partial charge in [-0.05, 0) is 48.2 Å². The maximum Gasteiger partial charge on any atom is 0.351 e. The maximum atomic E-state index is 12.7. The van der Waals surface area contributed by atoms with Crippen molar-refractivity contribution in [3.63, 3.8) is 0 Å². The molecule has 4 N–H and O–H groups in total. The predicted molar refractivity (Wildman–Crippen MR) is 165 cm³/mol. The van der Waals surface area contributed by atoms with Gasteiger partial charge in [-0.3, -0.25) is 14.7 Å². The van der Waals surface area contributed by atoms with Gasteiger partial charge in [0.2, 0.25) is 0 Å². The highest BCUT2D eigenvalue weighted by molar-refractivity contribution is 5.50. The van der Waals surface area contributed by atoms with Crippen LogP contribution in [-0.2, 0) is 21.5 Å². The van der Waals surface area contributed by atoms with Gasteiger partial charge in [-0.1, -0.05) is 72.8 Å². The average molecular weight is 599 g/mol. The Labute approximate surface area is 256 Å². The van der Waals surface area contributed by atoms with Crippen molar-refractivity contribution in [3.8, 4) is 5.75 Å². The van der Waals surface area contributed by atoms with Crippen LogP contribution in [0.3, 0.4) is 0 Å². The molecule has 0 aliphatic carbocycles. The van der Waals surface area contributed by atoms with Crippen molar-refractivity contribution >= 4 is 5.82 Å². The van der Waals surface area contributed by atoms with E-state index in [9.17, 15) is 15.0 Å². The highest BCUT2D eigenvalue weighted by Gasteiger charge is 2.37. The van der Waals surface area contributed by atoms with Gasteiger partial charge in [-0.15, -0.1) is 0 Å². The Balaban J connectivity index is 1.19. The number of nitrogens with one attached hydrogen (secondary N) is 2. The molecule has 0 radical (unpaired) electrons. The van der Waals surface area contributed by atoms with Crippen LogP contribution in [0.15, 0.2) is 95.9 Å². The molecule has 2 aliphatic rings. The van der Waals surface area contributed by atoms with E-state index in [1.165, 1.54) is 4.57 Å². The average Bonchev–Trinajstić information content (AvgIpc) is 3.45. The molecule has 0 amide bonds. The van der Waals surface area contributed by atoms with Crippen molar-refractivity contribution in [1.29, 1.82) is 0 Å². The van der Waals surface area contributed by atoms with Crippen molar-refractivity contribution in [2.45, 2.75) is 55.8 Å². The lowest BCUT2D eigenvalue weighted by Gasteiger charge is -2.37. The van der Waals surface area contributed by atoms with Crippen LogP contribution in [0.1, 0.15) is 47.7 Å². The molecule has 4 aromatic rings. The van der Waals surface area contributed by atoms with E-state index in [1.807, 2.05) is 24.3 Å². The normalized spacial score (nSPS) is 21.4. The first kappa shape index (κ1) is 30.0. The number of ether oxygens (including phenoxy) is 2. The van der Waals surface area contributed by atoms with Crippen molar-refractivity contribution in [3.05, 3.63) is 124 Å². The van der Waals surface area contributed by atoms with Crippen molar-refractivity contribution in [2.75, 3.05) is 25.7 Å². The van der Waals surface area contributed by atoms with Crippen LogP contribution in [-0.4, -0.2) is 58.3 Å². The SMILES string of the molecule is COc1ccc(C(NCCC[C@@H]2Cc3cn([C@H]4C[C@H](O)[C@@H](CO)O4)c(=O)nc3NO2)(c2ccccc2)c2ccccc2)cc1. The highest BCUT2D eigenvalue weighted by Crippen LogP contribution is 2.38. The van der Waals surface area contributed by atoms with Gasteiger partial charge >= 0.3 is 5.69 Å². The zero-order valence-electron chi connectivity index (χ0n) is 24.6. The second kappa shape index (κ2) is 13.3. The number of nitrogens with zero attached hydrogens (tertiary/aromatic N) is 2. The zero-order valence-corrected chi connectivity index (χ0v) is 24.6. The summed E-state index contributed by atoms with van der Waals surface area (Å²) in [5, 5.41) is 23.5. The number of hydrogen-bond donors (Lipinski definition) is 4. The number of hydrogen-bond acceptors (Lipinski definition) is 9. The van der Waals surface area contributed by atoms with Gasteiger partial charge in [0.1, 0.15) is 18.1 Å². The first-order chi connectivity index (χ1) is 21.5. The minimum absolute atomic E-state index is 0.138. The summed E-state index contributed by atoms with van der Waals surface area (Å²) in [6, 6.07) is 29.1. The number of anilines is 1. The third-order valence-electron chi connectivity index (χ3n) is 8.52. The van der Waals surface area contributed by atoms with E-state index in [0.29, 0.717) is 18.8 Å². The molecule has 6 rings (SSSR count). The molecule has 0 unspecified atom stereocenters. The Bertz CT molecular complexity index is 1540. The Morgan fingerprint density at radius 2 is 1.68 bits per heavy atom. The third kappa shape index (κ3) is 5.99. The number of rotatable bonds is 11. The smallest absolute Gasteiger partial charge is 0.351 e. The standard InChI is InChI=1S/C34H38N4O6/c1-42-27-16-14-26(15-17-27)34(24-9-4-2-5-10-24,25-11-6-3-7-12-25)35-18-8-13-28-19-23-21-38(33(41)36-32(23)37-44-28)31-20-29(40)30(22-39)43-31/h2-7,9-12,14-17,21,28-31,35,39-40H,8,13,18-20,22H2,1H3,(H,36,37,41)/t28-,29+,30-,31-/m1/s1. The first-order valence-electron chi connectivity index (χ1n) is 15.0. The van der Waals surface area contributed by atoms with Gasteiger partial charge in [0.05, 0.1) is 31.5 Å². The third-order valence-corrected chi connectivity index (χ3v) is 8.52. The molecule has 4 atom stereocenters. The minimum Gasteiger partial charge on any atom is -0.497 e. The summed E-state index contributed by atoms with van der Waals surface area (Å²) in [5.41, 5.74) is 5.96. The maximum absolute atomic E-state index is 12.7. The molecular weight excluding hydrogens is 560 g/mol. The lowest BCUT2D eigenvalue weighted by Crippen LogP contribution is -2.45. The van der Waals surface area contributed by atoms with E-state index in [1.54, 1.807) is 13.3 Å². The zero-order chi connectivity index (χ0) is 30.5. The fourth-order valence-corrected chi connectivity index (χ4v) is 6.22. The number of methoxy groups -OCH3 is 1. The predicted octanol–water partition coefficient (Wildman–Crippen LogP) is 3.52. The van der Waals surface area contributed by atoms with Crippen LogP contribution < -0.4 is 21.2 Å².